The molecule has 3 aromatic carbocycles. The van der Waals surface area contributed by atoms with Crippen LogP contribution in [0.5, 0.6) is 0 Å². The average Bonchev–Trinajstić information content (AvgIpc) is 3.04. The maximum atomic E-state index is 13.9. The van der Waals surface area contributed by atoms with Crippen molar-refractivity contribution in [3.8, 4) is 11.1 Å². The Bertz CT molecular complexity index is 1060. The van der Waals surface area contributed by atoms with Gasteiger partial charge < -0.3 is 10.1 Å². The van der Waals surface area contributed by atoms with E-state index in [-0.39, 0.29) is 12.1 Å². The van der Waals surface area contributed by atoms with Crippen molar-refractivity contribution in [2.45, 2.75) is 31.4 Å². The summed E-state index contributed by atoms with van der Waals surface area (Å²) in [6.07, 6.45) is 1.78. The summed E-state index contributed by atoms with van der Waals surface area (Å²) in [6.45, 7) is -0.0915. The fourth-order valence-electron chi connectivity index (χ4n) is 4.21. The van der Waals surface area contributed by atoms with Gasteiger partial charge in [0.05, 0.1) is 0 Å². The number of unbranched alkanes of at least 4 members (excludes halogenated alkanes) is 1. The topological polar surface area (TPSA) is 38.3 Å². The fourth-order valence-corrected chi connectivity index (χ4v) is 4.61. The van der Waals surface area contributed by atoms with Gasteiger partial charge in [0.1, 0.15) is 11.6 Å². The monoisotopic (exact) mass is 485 g/mol. The molecule has 0 saturated carbocycles. The zero-order valence-electron chi connectivity index (χ0n) is 16.8. The van der Waals surface area contributed by atoms with E-state index in [2.05, 4.69) is 21.2 Å². The summed E-state index contributed by atoms with van der Waals surface area (Å²) in [6, 6.07) is 19.2. The Morgan fingerprint density at radius 3 is 2.19 bits per heavy atom. The van der Waals surface area contributed by atoms with Gasteiger partial charge >= 0.3 is 6.09 Å². The van der Waals surface area contributed by atoms with E-state index in [1.165, 1.54) is 6.07 Å². The third-order valence-corrected chi connectivity index (χ3v) is 6.19. The number of alkyl halides is 1. The summed E-state index contributed by atoms with van der Waals surface area (Å²) in [7, 11) is 0. The van der Waals surface area contributed by atoms with Crippen LogP contribution in [-0.2, 0) is 16.9 Å². The number of carbonyl (C=O) groups excluding carboxylic acids is 1. The van der Waals surface area contributed by atoms with Crippen molar-refractivity contribution in [3.05, 3.63) is 95.1 Å². The second-order valence-electron chi connectivity index (χ2n) is 7.54. The molecular formula is C25H22BrF2NO2. The van der Waals surface area contributed by atoms with Crippen LogP contribution in [0.25, 0.3) is 11.1 Å². The highest BCUT2D eigenvalue weighted by Gasteiger charge is 2.46. The lowest BCUT2D eigenvalue weighted by Crippen LogP contribution is -2.37. The molecule has 160 valence electrons. The Hall–Kier alpha value is -2.73. The van der Waals surface area contributed by atoms with Gasteiger partial charge in [-0.25, -0.2) is 13.6 Å². The van der Waals surface area contributed by atoms with Crippen LogP contribution in [0.15, 0.2) is 66.7 Å². The van der Waals surface area contributed by atoms with Gasteiger partial charge in [0.25, 0.3) is 0 Å². The minimum Gasteiger partial charge on any atom is -0.433 e. The van der Waals surface area contributed by atoms with E-state index in [4.69, 9.17) is 4.74 Å². The maximum Gasteiger partial charge on any atom is 0.408 e. The minimum atomic E-state index is -0.916. The molecule has 4 rings (SSSR count). The first kappa shape index (κ1) is 21.5. The van der Waals surface area contributed by atoms with Crippen molar-refractivity contribution >= 4 is 22.0 Å². The predicted octanol–water partition coefficient (Wildman–Crippen LogP) is 6.68. The fraction of sp³-hybridized carbons (Fsp3) is 0.240. The lowest BCUT2D eigenvalue weighted by atomic mass is 9.86. The SMILES string of the molecule is O=C(NCc1ccc(F)cc1F)OC1(CCCCBr)c2ccccc2-c2ccccc21. The highest BCUT2D eigenvalue weighted by Crippen LogP contribution is 2.52. The molecule has 0 bridgehead atoms. The highest BCUT2D eigenvalue weighted by molar-refractivity contribution is 9.09. The number of halogens is 3. The van der Waals surface area contributed by atoms with Crippen molar-refractivity contribution in [3.63, 3.8) is 0 Å². The Morgan fingerprint density at radius 2 is 1.58 bits per heavy atom. The van der Waals surface area contributed by atoms with Crippen LogP contribution in [0.3, 0.4) is 0 Å². The number of fused-ring (bicyclic) bond motifs is 3. The van der Waals surface area contributed by atoms with E-state index in [1.807, 2.05) is 48.5 Å². The summed E-state index contributed by atoms with van der Waals surface area (Å²) >= 11 is 3.47. The highest BCUT2D eigenvalue weighted by atomic mass is 79.9. The number of carbonyl (C=O) groups is 1. The molecule has 6 heteroatoms. The molecule has 3 nitrogen and oxygen atoms in total. The van der Waals surface area contributed by atoms with Crippen LogP contribution in [0.4, 0.5) is 13.6 Å². The molecule has 3 aromatic rings. The molecule has 0 fully saturated rings. The van der Waals surface area contributed by atoms with Crippen LogP contribution in [0.2, 0.25) is 0 Å². The second-order valence-corrected chi connectivity index (χ2v) is 8.34. The van der Waals surface area contributed by atoms with Crippen molar-refractivity contribution in [2.24, 2.45) is 0 Å². The quantitative estimate of drug-likeness (QED) is 0.299. The molecule has 1 N–H and O–H groups in total. The standard InChI is InChI=1S/C25H22BrF2NO2/c26-14-6-5-13-25(31-24(30)29-16-17-11-12-18(27)15-23(17)28)21-9-3-1-7-19(21)20-8-2-4-10-22(20)25/h1-4,7-12,15H,5-6,13-14,16H2,(H,29,30). The minimum absolute atomic E-state index is 0.0915. The zero-order chi connectivity index (χ0) is 21.8. The van der Waals surface area contributed by atoms with Crippen molar-refractivity contribution in [2.75, 3.05) is 5.33 Å². The first-order chi connectivity index (χ1) is 15.0. The number of rotatable bonds is 7. The summed E-state index contributed by atoms with van der Waals surface area (Å²) < 4.78 is 33.2. The lowest BCUT2D eigenvalue weighted by Gasteiger charge is -2.32. The Morgan fingerprint density at radius 1 is 0.935 bits per heavy atom. The van der Waals surface area contributed by atoms with E-state index < -0.39 is 23.3 Å². The molecule has 0 heterocycles. The summed E-state index contributed by atoms with van der Waals surface area (Å²) in [5.41, 5.74) is 3.28. The summed E-state index contributed by atoms with van der Waals surface area (Å²) in [5, 5.41) is 3.49. The van der Waals surface area contributed by atoms with Gasteiger partial charge in [-0.2, -0.15) is 0 Å². The van der Waals surface area contributed by atoms with Gasteiger partial charge in [-0.3, -0.25) is 0 Å². The van der Waals surface area contributed by atoms with Crippen molar-refractivity contribution in [1.82, 2.24) is 5.32 Å². The zero-order valence-corrected chi connectivity index (χ0v) is 18.4. The Balaban J connectivity index is 1.63. The van der Waals surface area contributed by atoms with E-state index >= 15 is 0 Å². The molecule has 0 spiro atoms. The molecule has 1 amide bonds. The lowest BCUT2D eigenvalue weighted by molar-refractivity contribution is 0.0333. The number of alkyl carbamates (subject to hydrolysis) is 1. The van der Waals surface area contributed by atoms with E-state index in [1.54, 1.807) is 0 Å². The van der Waals surface area contributed by atoms with Gasteiger partial charge in [-0.15, -0.1) is 0 Å². The number of ether oxygens (including phenoxy) is 1. The molecule has 0 aromatic heterocycles. The molecule has 0 saturated heterocycles. The third kappa shape index (κ3) is 4.22. The van der Waals surface area contributed by atoms with Gasteiger partial charge in [-0.1, -0.05) is 70.5 Å². The number of amides is 1. The van der Waals surface area contributed by atoms with Gasteiger partial charge in [-0.05, 0) is 36.5 Å². The van der Waals surface area contributed by atoms with Crippen molar-refractivity contribution < 1.29 is 18.3 Å². The molecule has 31 heavy (non-hydrogen) atoms. The normalized spacial score (nSPS) is 13.4. The van der Waals surface area contributed by atoms with E-state index in [0.29, 0.717) is 6.42 Å². The molecule has 0 atom stereocenters. The number of benzene rings is 3. The number of nitrogens with one attached hydrogen (secondary N) is 1. The number of hydrogen-bond donors (Lipinski definition) is 1. The van der Waals surface area contributed by atoms with Crippen LogP contribution in [0.1, 0.15) is 36.0 Å². The van der Waals surface area contributed by atoms with Crippen molar-refractivity contribution in [1.29, 1.82) is 0 Å². The summed E-state index contributed by atoms with van der Waals surface area (Å²) in [4.78, 5) is 12.9. The van der Waals surface area contributed by atoms with E-state index in [9.17, 15) is 13.6 Å². The average molecular weight is 486 g/mol. The molecule has 0 radical (unpaired) electrons. The first-order valence-corrected chi connectivity index (χ1v) is 11.3. The van der Waals surface area contributed by atoms with Gasteiger partial charge in [0.15, 0.2) is 5.60 Å². The maximum absolute atomic E-state index is 13.9. The van der Waals surface area contributed by atoms with Gasteiger partial charge in [0, 0.05) is 34.6 Å². The van der Waals surface area contributed by atoms with Crippen LogP contribution < -0.4 is 5.32 Å². The largest absolute Gasteiger partial charge is 0.433 e. The number of hydrogen-bond acceptors (Lipinski definition) is 2. The van der Waals surface area contributed by atoms with Crippen LogP contribution in [0, 0.1) is 11.6 Å². The first-order valence-electron chi connectivity index (χ1n) is 10.2. The molecular weight excluding hydrogens is 464 g/mol. The van der Waals surface area contributed by atoms with Crippen LogP contribution in [-0.4, -0.2) is 11.4 Å². The Labute approximate surface area is 188 Å². The molecule has 1 aliphatic carbocycles. The van der Waals surface area contributed by atoms with E-state index in [0.717, 1.165) is 52.6 Å². The molecule has 0 aliphatic heterocycles. The molecule has 0 unspecified atom stereocenters. The second kappa shape index (κ2) is 9.18. The third-order valence-electron chi connectivity index (χ3n) is 5.63. The Kier molecular flexibility index (Phi) is 6.37. The smallest absolute Gasteiger partial charge is 0.408 e. The van der Waals surface area contributed by atoms with Crippen LogP contribution >= 0.6 is 15.9 Å². The van der Waals surface area contributed by atoms with Gasteiger partial charge in [0.2, 0.25) is 0 Å². The predicted molar refractivity (Wildman–Crippen MR) is 120 cm³/mol. The molecule has 1 aliphatic rings. The summed E-state index contributed by atoms with van der Waals surface area (Å²) in [5.74, 6) is -1.36.